The molecular formula is C19H23N3O. The van der Waals surface area contributed by atoms with E-state index in [-0.39, 0.29) is 0 Å². The van der Waals surface area contributed by atoms with Gasteiger partial charge in [-0.2, -0.15) is 5.10 Å². The van der Waals surface area contributed by atoms with Crippen molar-refractivity contribution in [3.8, 4) is 0 Å². The fourth-order valence-corrected chi connectivity index (χ4v) is 2.83. The van der Waals surface area contributed by atoms with Gasteiger partial charge in [0.1, 0.15) is 0 Å². The van der Waals surface area contributed by atoms with Gasteiger partial charge in [-0.15, -0.1) is 0 Å². The lowest BCUT2D eigenvalue weighted by Crippen LogP contribution is -2.25. The Morgan fingerprint density at radius 3 is 2.78 bits per heavy atom. The summed E-state index contributed by atoms with van der Waals surface area (Å²) in [5.74, 6) is 0. The van der Waals surface area contributed by atoms with Gasteiger partial charge in [0.25, 0.3) is 0 Å². The van der Waals surface area contributed by atoms with Crippen molar-refractivity contribution in [3.63, 3.8) is 0 Å². The van der Waals surface area contributed by atoms with Crippen molar-refractivity contribution in [1.29, 1.82) is 0 Å². The zero-order chi connectivity index (χ0) is 16.1. The van der Waals surface area contributed by atoms with Crippen molar-refractivity contribution in [1.82, 2.24) is 15.1 Å². The zero-order valence-electron chi connectivity index (χ0n) is 13.4. The molecule has 0 aliphatic rings. The smallest absolute Gasteiger partial charge is 0.0802 e. The third-order valence-corrected chi connectivity index (χ3v) is 4.26. The number of hydrogen-bond acceptors (Lipinski definition) is 3. The van der Waals surface area contributed by atoms with Gasteiger partial charge in [-0.25, -0.2) is 0 Å². The molecule has 1 heterocycles. The fourth-order valence-electron chi connectivity index (χ4n) is 2.83. The summed E-state index contributed by atoms with van der Waals surface area (Å²) in [5, 5.41) is 18.5. The summed E-state index contributed by atoms with van der Waals surface area (Å²) in [6, 6.07) is 16.4. The van der Waals surface area contributed by atoms with Gasteiger partial charge >= 0.3 is 0 Å². The molecule has 0 aliphatic carbocycles. The lowest BCUT2D eigenvalue weighted by atomic mass is 10.0. The van der Waals surface area contributed by atoms with Crippen molar-refractivity contribution < 1.29 is 5.11 Å². The van der Waals surface area contributed by atoms with Crippen LogP contribution < -0.4 is 0 Å². The Kier molecular flexibility index (Phi) is 5.05. The third kappa shape index (κ3) is 3.97. The molecule has 0 bridgehead atoms. The zero-order valence-corrected chi connectivity index (χ0v) is 13.4. The molecule has 4 heteroatoms. The Balaban J connectivity index is 1.59. The monoisotopic (exact) mass is 309 g/mol. The highest BCUT2D eigenvalue weighted by atomic mass is 16.3. The fraction of sp³-hybridized carbons (Fsp3) is 0.316. The van der Waals surface area contributed by atoms with Crippen LogP contribution in [0.4, 0.5) is 0 Å². The molecule has 3 aromatic rings. The van der Waals surface area contributed by atoms with Crippen LogP contribution in [0, 0.1) is 0 Å². The molecular weight excluding hydrogens is 286 g/mol. The van der Waals surface area contributed by atoms with Crippen molar-refractivity contribution in [2.75, 3.05) is 13.1 Å². The molecule has 4 nitrogen and oxygen atoms in total. The minimum Gasteiger partial charge on any atom is -0.388 e. The van der Waals surface area contributed by atoms with Crippen LogP contribution in [0.2, 0.25) is 0 Å². The molecule has 1 atom stereocenters. The minimum absolute atomic E-state index is 0.445. The predicted molar refractivity (Wildman–Crippen MR) is 93.1 cm³/mol. The van der Waals surface area contributed by atoms with Gasteiger partial charge in [-0.3, -0.25) is 10.00 Å². The lowest BCUT2D eigenvalue weighted by molar-refractivity contribution is 0.141. The van der Waals surface area contributed by atoms with E-state index in [4.69, 9.17) is 0 Å². The molecule has 0 aliphatic heterocycles. The number of aromatic amines is 1. The average molecular weight is 309 g/mol. The van der Waals surface area contributed by atoms with Gasteiger partial charge in [0, 0.05) is 18.5 Å². The number of nitrogens with one attached hydrogen (secondary N) is 1. The van der Waals surface area contributed by atoms with Crippen molar-refractivity contribution in [3.05, 3.63) is 65.9 Å². The predicted octanol–water partition coefficient (Wildman–Crippen LogP) is 3.51. The summed E-state index contributed by atoms with van der Waals surface area (Å²) in [6.07, 6.45) is 2.07. The highest BCUT2D eigenvalue weighted by molar-refractivity contribution is 5.78. The summed E-state index contributed by atoms with van der Waals surface area (Å²) in [7, 11) is 0. The third-order valence-electron chi connectivity index (χ3n) is 4.26. The second kappa shape index (κ2) is 7.40. The first kappa shape index (κ1) is 15.7. The summed E-state index contributed by atoms with van der Waals surface area (Å²) in [6.45, 7) is 4.93. The number of fused-ring (bicyclic) bond motifs is 1. The maximum Gasteiger partial charge on any atom is 0.0802 e. The van der Waals surface area contributed by atoms with E-state index in [2.05, 4.69) is 46.3 Å². The van der Waals surface area contributed by atoms with E-state index in [1.165, 1.54) is 5.56 Å². The number of aliphatic hydroxyl groups excluding tert-OH is 1. The van der Waals surface area contributed by atoms with E-state index in [0.717, 1.165) is 42.5 Å². The van der Waals surface area contributed by atoms with E-state index in [9.17, 15) is 5.11 Å². The van der Waals surface area contributed by atoms with E-state index >= 15 is 0 Å². The van der Waals surface area contributed by atoms with Crippen LogP contribution in [0.25, 0.3) is 10.9 Å². The summed E-state index contributed by atoms with van der Waals surface area (Å²) < 4.78 is 0. The molecule has 0 radical (unpaired) electrons. The number of aliphatic hydroxyl groups is 1. The molecule has 0 spiro atoms. The quantitative estimate of drug-likeness (QED) is 0.702. The highest BCUT2D eigenvalue weighted by Gasteiger charge is 2.11. The molecule has 2 aromatic carbocycles. The van der Waals surface area contributed by atoms with Crippen LogP contribution >= 0.6 is 0 Å². The van der Waals surface area contributed by atoms with E-state index in [1.807, 2.05) is 24.3 Å². The first-order valence-corrected chi connectivity index (χ1v) is 8.13. The largest absolute Gasteiger partial charge is 0.388 e. The maximum atomic E-state index is 10.5. The molecule has 1 unspecified atom stereocenters. The molecule has 23 heavy (non-hydrogen) atoms. The molecule has 3 rings (SSSR count). The standard InChI is InChI=1S/C19H23N3O/c1-2-22(14-15-6-4-3-5-7-15)11-10-19(23)16-8-9-18-17(12-16)13-20-21-18/h3-9,12-13,19,23H,2,10-11,14H2,1H3,(H,20,21). The Hall–Kier alpha value is -2.17. The number of rotatable bonds is 7. The van der Waals surface area contributed by atoms with Gasteiger partial charge in [-0.05, 0) is 36.2 Å². The molecule has 1 aromatic heterocycles. The van der Waals surface area contributed by atoms with Crippen LogP contribution in [0.15, 0.2) is 54.7 Å². The topological polar surface area (TPSA) is 52.1 Å². The summed E-state index contributed by atoms with van der Waals surface area (Å²) >= 11 is 0. The van der Waals surface area contributed by atoms with E-state index in [1.54, 1.807) is 6.20 Å². The van der Waals surface area contributed by atoms with Crippen molar-refractivity contribution >= 4 is 10.9 Å². The number of aromatic nitrogens is 2. The van der Waals surface area contributed by atoms with Gasteiger partial charge in [0.15, 0.2) is 0 Å². The normalized spacial score (nSPS) is 12.8. The lowest BCUT2D eigenvalue weighted by Gasteiger charge is -2.22. The number of hydrogen-bond donors (Lipinski definition) is 2. The summed E-state index contributed by atoms with van der Waals surface area (Å²) in [4.78, 5) is 2.36. The molecule has 0 saturated carbocycles. The molecule has 0 amide bonds. The Labute approximate surface area is 136 Å². The van der Waals surface area contributed by atoms with Gasteiger partial charge < -0.3 is 5.11 Å². The Bertz CT molecular complexity index is 738. The summed E-state index contributed by atoms with van der Waals surface area (Å²) in [5.41, 5.74) is 3.26. The van der Waals surface area contributed by atoms with Gasteiger partial charge in [0.2, 0.25) is 0 Å². The van der Waals surface area contributed by atoms with Crippen LogP contribution in [-0.2, 0) is 6.54 Å². The van der Waals surface area contributed by atoms with Crippen molar-refractivity contribution in [2.45, 2.75) is 26.0 Å². The molecule has 0 fully saturated rings. The molecule has 0 saturated heterocycles. The van der Waals surface area contributed by atoms with Crippen LogP contribution in [0.5, 0.6) is 0 Å². The average Bonchev–Trinajstić information content (AvgIpc) is 3.06. The van der Waals surface area contributed by atoms with Crippen LogP contribution in [-0.4, -0.2) is 33.3 Å². The SMILES string of the molecule is CCN(CCC(O)c1ccc2[nH]ncc2c1)Cc1ccccc1. The minimum atomic E-state index is -0.445. The van der Waals surface area contributed by atoms with Crippen LogP contribution in [0.1, 0.15) is 30.6 Å². The Morgan fingerprint density at radius 1 is 1.17 bits per heavy atom. The van der Waals surface area contributed by atoms with E-state index in [0.29, 0.717) is 0 Å². The number of benzene rings is 2. The van der Waals surface area contributed by atoms with Crippen molar-refractivity contribution in [2.24, 2.45) is 0 Å². The first-order chi connectivity index (χ1) is 11.3. The van der Waals surface area contributed by atoms with Crippen LogP contribution in [0.3, 0.4) is 0 Å². The molecule has 120 valence electrons. The Morgan fingerprint density at radius 2 is 2.00 bits per heavy atom. The second-order valence-electron chi connectivity index (χ2n) is 5.88. The maximum absolute atomic E-state index is 10.5. The molecule has 2 N–H and O–H groups in total. The van der Waals surface area contributed by atoms with E-state index < -0.39 is 6.10 Å². The number of H-pyrrole nitrogens is 1. The highest BCUT2D eigenvalue weighted by Crippen LogP contribution is 2.21. The number of nitrogens with zero attached hydrogens (tertiary/aromatic N) is 2. The second-order valence-corrected chi connectivity index (χ2v) is 5.88. The first-order valence-electron chi connectivity index (χ1n) is 8.13. The van der Waals surface area contributed by atoms with Gasteiger partial charge in [0.05, 0.1) is 17.8 Å². The van der Waals surface area contributed by atoms with Gasteiger partial charge in [-0.1, -0.05) is 43.3 Å².